The van der Waals surface area contributed by atoms with Gasteiger partial charge in [0.05, 0.1) is 35.3 Å². The number of aryl methyl sites for hydroxylation is 3. The fraction of sp³-hybridized carbons (Fsp3) is 0.353. The first-order chi connectivity index (χ1) is 20.2. The van der Waals surface area contributed by atoms with Gasteiger partial charge in [-0.2, -0.15) is 0 Å². The second-order valence-corrected chi connectivity index (χ2v) is 11.4. The summed E-state index contributed by atoms with van der Waals surface area (Å²) >= 11 is 0. The molecule has 0 amide bonds. The predicted molar refractivity (Wildman–Crippen MR) is 164 cm³/mol. The van der Waals surface area contributed by atoms with Gasteiger partial charge in [0.1, 0.15) is 6.61 Å². The molecule has 3 aliphatic heterocycles. The molecule has 3 aromatic rings. The third-order valence-electron chi connectivity index (χ3n) is 9.18. The zero-order valence-electron chi connectivity index (χ0n) is 25.0. The van der Waals surface area contributed by atoms with Crippen LogP contribution in [0, 0.1) is 13.8 Å². The van der Waals surface area contributed by atoms with Gasteiger partial charge in [-0.3, -0.25) is 9.78 Å². The lowest BCUT2D eigenvalue weighted by molar-refractivity contribution is -0.140. The van der Waals surface area contributed by atoms with Gasteiger partial charge in [0.15, 0.2) is 0 Å². The molecule has 0 saturated heterocycles. The number of esters is 2. The number of hydrogen-bond acceptors (Lipinski definition) is 6. The van der Waals surface area contributed by atoms with Crippen molar-refractivity contribution in [2.75, 3.05) is 7.11 Å². The van der Waals surface area contributed by atoms with Crippen molar-refractivity contribution in [2.24, 2.45) is 0 Å². The lowest BCUT2D eigenvalue weighted by Crippen LogP contribution is -2.15. The number of rotatable bonds is 5. The summed E-state index contributed by atoms with van der Waals surface area (Å²) in [5, 5.41) is 0. The number of hydrogen-bond donors (Lipinski definition) is 2. The lowest BCUT2D eigenvalue weighted by atomic mass is 9.85. The summed E-state index contributed by atoms with van der Waals surface area (Å²) in [5.74, 6) is -0.669. The van der Waals surface area contributed by atoms with E-state index in [1.807, 2.05) is 19.1 Å². The molecule has 0 saturated carbocycles. The van der Waals surface area contributed by atoms with E-state index in [0.29, 0.717) is 12.0 Å². The van der Waals surface area contributed by atoms with Crippen LogP contribution >= 0.6 is 0 Å². The Balaban J connectivity index is 1.76. The Morgan fingerprint density at radius 3 is 2.57 bits per heavy atom. The normalized spacial score (nSPS) is 17.8. The summed E-state index contributed by atoms with van der Waals surface area (Å²) < 4.78 is 10.7. The minimum Gasteiger partial charge on any atom is -0.469 e. The zero-order chi connectivity index (χ0) is 29.9. The van der Waals surface area contributed by atoms with E-state index in [1.54, 1.807) is 0 Å². The number of nitrogens with zero attached hydrogens (tertiary/aromatic N) is 2. The highest BCUT2D eigenvalue weighted by Crippen LogP contribution is 2.44. The molecule has 8 heteroatoms. The Morgan fingerprint density at radius 2 is 1.86 bits per heavy atom. The fourth-order valence-corrected chi connectivity index (χ4v) is 6.64. The topological polar surface area (TPSA) is 110 Å². The zero-order valence-corrected chi connectivity index (χ0v) is 25.0. The number of allylic oxidation sites excluding steroid dienone is 3. The number of aromatic amines is 2. The first-order valence-corrected chi connectivity index (χ1v) is 14.5. The Kier molecular flexibility index (Phi) is 6.87. The van der Waals surface area contributed by atoms with Gasteiger partial charge in [-0.1, -0.05) is 26.5 Å². The maximum absolute atomic E-state index is 13.1. The summed E-state index contributed by atoms with van der Waals surface area (Å²) in [6, 6.07) is 6.22. The smallest absolute Gasteiger partial charge is 0.340 e. The number of methoxy groups -OCH3 is 1. The van der Waals surface area contributed by atoms with Gasteiger partial charge in [0, 0.05) is 51.6 Å². The van der Waals surface area contributed by atoms with Crippen LogP contribution in [0.5, 0.6) is 0 Å². The van der Waals surface area contributed by atoms with Gasteiger partial charge < -0.3 is 19.4 Å². The van der Waals surface area contributed by atoms with E-state index < -0.39 is 0 Å². The molecular weight excluding hydrogens is 528 g/mol. The molecule has 3 aromatic heterocycles. The largest absolute Gasteiger partial charge is 0.469 e. The Hall–Kier alpha value is -4.46. The first-order valence-electron chi connectivity index (χ1n) is 14.5. The van der Waals surface area contributed by atoms with Crippen molar-refractivity contribution < 1.29 is 19.1 Å². The number of aromatic nitrogens is 4. The molecule has 0 aromatic carbocycles. The molecule has 3 aliphatic rings. The Labute approximate surface area is 244 Å². The second-order valence-electron chi connectivity index (χ2n) is 11.4. The molecule has 8 bridgehead atoms. The van der Waals surface area contributed by atoms with Gasteiger partial charge in [-0.25, -0.2) is 9.78 Å². The predicted octanol–water partition coefficient (Wildman–Crippen LogP) is 7.12. The molecule has 2 N–H and O–H groups in total. The number of cyclic esters (lactones) is 1. The Bertz CT molecular complexity index is 1870. The molecule has 0 unspecified atom stereocenters. The van der Waals surface area contributed by atoms with E-state index in [4.69, 9.17) is 19.4 Å². The molecule has 0 fully saturated rings. The van der Waals surface area contributed by atoms with E-state index >= 15 is 0 Å². The fourth-order valence-electron chi connectivity index (χ4n) is 6.64. The van der Waals surface area contributed by atoms with Crippen LogP contribution in [-0.4, -0.2) is 39.0 Å². The van der Waals surface area contributed by atoms with E-state index in [-0.39, 0.29) is 36.8 Å². The van der Waals surface area contributed by atoms with Crippen LogP contribution < -0.4 is 0 Å². The van der Waals surface area contributed by atoms with Crippen LogP contribution in [0.25, 0.3) is 33.2 Å². The van der Waals surface area contributed by atoms with E-state index in [9.17, 15) is 9.59 Å². The van der Waals surface area contributed by atoms with E-state index in [1.165, 1.54) is 12.7 Å². The molecule has 0 spiro atoms. The summed E-state index contributed by atoms with van der Waals surface area (Å²) in [6.07, 6.45) is 3.53. The van der Waals surface area contributed by atoms with Crippen molar-refractivity contribution in [1.29, 1.82) is 0 Å². The molecule has 42 heavy (non-hydrogen) atoms. The van der Waals surface area contributed by atoms with Gasteiger partial charge >= 0.3 is 11.9 Å². The van der Waals surface area contributed by atoms with Crippen LogP contribution in [0.4, 0.5) is 0 Å². The lowest BCUT2D eigenvalue weighted by Gasteiger charge is -2.19. The maximum atomic E-state index is 13.1. The number of carbonyl (C=O) groups is 2. The number of nitrogens with one attached hydrogen (secondary N) is 2. The van der Waals surface area contributed by atoms with Crippen LogP contribution in [0.2, 0.25) is 0 Å². The average Bonchev–Trinajstić information content (AvgIpc) is 3.65. The van der Waals surface area contributed by atoms with Gasteiger partial charge in [0.25, 0.3) is 0 Å². The summed E-state index contributed by atoms with van der Waals surface area (Å²) in [4.78, 5) is 42.7. The van der Waals surface area contributed by atoms with Gasteiger partial charge in [0.2, 0.25) is 0 Å². The van der Waals surface area contributed by atoms with Crippen molar-refractivity contribution >= 4 is 45.2 Å². The summed E-state index contributed by atoms with van der Waals surface area (Å²) in [5.41, 5.74) is 13.6. The highest BCUT2D eigenvalue weighted by Gasteiger charge is 2.35. The van der Waals surface area contributed by atoms with E-state index in [0.717, 1.165) is 79.1 Å². The minimum absolute atomic E-state index is 0.00613. The molecule has 6 heterocycles. The maximum Gasteiger partial charge on any atom is 0.340 e. The molecular formula is C34H36N4O4. The highest BCUT2D eigenvalue weighted by atomic mass is 16.5. The molecule has 216 valence electrons. The van der Waals surface area contributed by atoms with Crippen molar-refractivity contribution in [3.63, 3.8) is 0 Å². The molecule has 0 radical (unpaired) electrons. The quantitative estimate of drug-likeness (QED) is 0.319. The molecule has 2 atom stereocenters. The number of ether oxygens (including phenoxy) is 2. The average molecular weight is 565 g/mol. The van der Waals surface area contributed by atoms with Crippen molar-refractivity contribution in [1.82, 2.24) is 19.9 Å². The van der Waals surface area contributed by atoms with Crippen molar-refractivity contribution in [2.45, 2.75) is 72.3 Å². The summed E-state index contributed by atoms with van der Waals surface area (Å²) in [6.45, 7) is 14.6. The number of H-pyrrole nitrogens is 2. The molecule has 6 rings (SSSR count). The molecule has 8 nitrogen and oxygen atoms in total. The monoisotopic (exact) mass is 564 g/mol. The van der Waals surface area contributed by atoms with Crippen LogP contribution in [0.15, 0.2) is 30.9 Å². The van der Waals surface area contributed by atoms with Crippen LogP contribution in [-0.2, 0) is 27.3 Å². The Morgan fingerprint density at radius 1 is 1.10 bits per heavy atom. The summed E-state index contributed by atoms with van der Waals surface area (Å²) in [7, 11) is 1.41. The van der Waals surface area contributed by atoms with Crippen LogP contribution in [0.1, 0.15) is 101 Å². The number of carbonyl (C=O) groups excluding carboxylic acids is 2. The van der Waals surface area contributed by atoms with Crippen LogP contribution in [0.3, 0.4) is 0 Å². The van der Waals surface area contributed by atoms with Crippen molar-refractivity contribution in [3.05, 3.63) is 81.4 Å². The first kappa shape index (κ1) is 27.7. The van der Waals surface area contributed by atoms with Gasteiger partial charge in [-0.05, 0) is 74.1 Å². The standard InChI is InChI=1S/C34H36N4O4/c1-8-20-16(3)24-12-26-18(5)22(10-11-30(39)41-7)32(37-26)23-15-42-34(40)31-19(6)27(38-33(23)31)14-29-21(9-2)17(4)25(36-29)13-28(20)35-24/h8,12-14,18,22,36,38H,1,9-11,15H2,2-7H3/t18-,22-/m0/s1. The minimum atomic E-state index is -0.346. The third-order valence-corrected chi connectivity index (χ3v) is 9.18. The van der Waals surface area contributed by atoms with Gasteiger partial charge in [-0.15, -0.1) is 0 Å². The SMILES string of the molecule is C=CC1=C(C)c2cc3nc(c4c5[nH]c(cc6[nH]c(cc1n2)c(C)c6CC)c(C)c5C(=O)OC4)[C@@H](CCC(=O)OC)[C@@H]3C. The van der Waals surface area contributed by atoms with Crippen molar-refractivity contribution in [3.8, 4) is 0 Å². The van der Waals surface area contributed by atoms with E-state index in [2.05, 4.69) is 56.4 Å². The highest BCUT2D eigenvalue weighted by molar-refractivity contribution is 6.04. The number of fused-ring (bicyclic) bond motifs is 8. The third kappa shape index (κ3) is 4.28. The molecule has 0 aliphatic carbocycles. The second kappa shape index (κ2) is 10.4.